The number of H-pyrrole nitrogens is 1. The van der Waals surface area contributed by atoms with Crippen molar-refractivity contribution in [3.8, 4) is 0 Å². The number of aromatic nitrogens is 2. The molecule has 0 aromatic carbocycles. The van der Waals surface area contributed by atoms with Crippen LogP contribution in [-0.4, -0.2) is 42.6 Å². The van der Waals surface area contributed by atoms with Gasteiger partial charge in [-0.15, -0.1) is 0 Å². The average Bonchev–Trinajstić information content (AvgIpc) is 2.68. The molecule has 7 heteroatoms. The minimum absolute atomic E-state index is 0.476. The van der Waals surface area contributed by atoms with Crippen molar-refractivity contribution in [1.29, 1.82) is 0 Å². The van der Waals surface area contributed by atoms with Gasteiger partial charge in [-0.1, -0.05) is 12.8 Å². The SMILES string of the molecule is Cc1[nH]ncc1CCCNS(=O)(=O)N1CCCCCC1. The van der Waals surface area contributed by atoms with Crippen LogP contribution in [0.1, 0.15) is 43.4 Å². The zero-order valence-corrected chi connectivity index (χ0v) is 12.9. The van der Waals surface area contributed by atoms with Crippen LogP contribution in [0.2, 0.25) is 0 Å². The summed E-state index contributed by atoms with van der Waals surface area (Å²) in [6.45, 7) is 3.75. The van der Waals surface area contributed by atoms with Crippen molar-refractivity contribution in [3.63, 3.8) is 0 Å². The maximum absolute atomic E-state index is 12.2. The van der Waals surface area contributed by atoms with Crippen LogP contribution in [0.5, 0.6) is 0 Å². The molecule has 2 N–H and O–H groups in total. The van der Waals surface area contributed by atoms with E-state index in [4.69, 9.17) is 0 Å². The summed E-state index contributed by atoms with van der Waals surface area (Å²) in [4.78, 5) is 0. The van der Waals surface area contributed by atoms with Crippen LogP contribution < -0.4 is 4.72 Å². The normalized spacial score (nSPS) is 18.1. The summed E-state index contributed by atoms with van der Waals surface area (Å²) in [5, 5.41) is 6.85. The van der Waals surface area contributed by atoms with Crippen LogP contribution >= 0.6 is 0 Å². The molecule has 2 rings (SSSR count). The molecule has 0 aliphatic carbocycles. The average molecular weight is 300 g/mol. The van der Waals surface area contributed by atoms with Crippen LogP contribution in [0.25, 0.3) is 0 Å². The molecule has 1 aromatic heterocycles. The Bertz CT molecular complexity index is 504. The van der Waals surface area contributed by atoms with Crippen molar-refractivity contribution < 1.29 is 8.42 Å². The molecule has 0 unspecified atom stereocenters. The minimum Gasteiger partial charge on any atom is -0.283 e. The molecule has 114 valence electrons. The molecule has 1 saturated heterocycles. The monoisotopic (exact) mass is 300 g/mol. The first kappa shape index (κ1) is 15.5. The number of nitrogens with zero attached hydrogens (tertiary/aromatic N) is 2. The molecule has 0 amide bonds. The Labute approximate surface area is 121 Å². The van der Waals surface area contributed by atoms with Crippen LogP contribution in [0, 0.1) is 6.92 Å². The summed E-state index contributed by atoms with van der Waals surface area (Å²) in [6.07, 6.45) is 7.62. The Morgan fingerprint density at radius 1 is 1.30 bits per heavy atom. The Morgan fingerprint density at radius 3 is 2.60 bits per heavy atom. The fourth-order valence-corrected chi connectivity index (χ4v) is 3.80. The van der Waals surface area contributed by atoms with Crippen LogP contribution in [0.3, 0.4) is 0 Å². The number of nitrogens with one attached hydrogen (secondary N) is 2. The maximum atomic E-state index is 12.2. The second-order valence-corrected chi connectivity index (χ2v) is 7.09. The van der Waals surface area contributed by atoms with E-state index in [2.05, 4.69) is 14.9 Å². The number of aromatic amines is 1. The highest BCUT2D eigenvalue weighted by molar-refractivity contribution is 7.87. The summed E-state index contributed by atoms with van der Waals surface area (Å²) in [6, 6.07) is 0. The molecule has 2 heterocycles. The first-order valence-corrected chi connectivity index (χ1v) is 8.77. The van der Waals surface area contributed by atoms with E-state index in [1.807, 2.05) is 6.92 Å². The van der Waals surface area contributed by atoms with Gasteiger partial charge in [0.05, 0.1) is 6.20 Å². The number of hydrogen-bond acceptors (Lipinski definition) is 3. The van der Waals surface area contributed by atoms with Crippen molar-refractivity contribution in [2.75, 3.05) is 19.6 Å². The molecule has 20 heavy (non-hydrogen) atoms. The van der Waals surface area contributed by atoms with E-state index in [9.17, 15) is 8.42 Å². The highest BCUT2D eigenvalue weighted by Gasteiger charge is 2.21. The molecule has 1 aliphatic rings. The molecule has 1 aromatic rings. The Balaban J connectivity index is 1.76. The number of rotatable bonds is 6. The Hall–Kier alpha value is -0.920. The first-order valence-electron chi connectivity index (χ1n) is 7.33. The van der Waals surface area contributed by atoms with Gasteiger partial charge in [0.2, 0.25) is 0 Å². The quantitative estimate of drug-likeness (QED) is 0.779. The number of hydrogen-bond donors (Lipinski definition) is 2. The van der Waals surface area contributed by atoms with Gasteiger partial charge >= 0.3 is 0 Å². The molecule has 0 saturated carbocycles. The molecule has 0 spiro atoms. The van der Waals surface area contributed by atoms with Crippen molar-refractivity contribution in [2.45, 2.75) is 45.4 Å². The van der Waals surface area contributed by atoms with Crippen molar-refractivity contribution in [1.82, 2.24) is 19.2 Å². The van der Waals surface area contributed by atoms with Gasteiger partial charge in [-0.25, -0.2) is 4.72 Å². The summed E-state index contributed by atoms with van der Waals surface area (Å²) in [5.74, 6) is 0. The highest BCUT2D eigenvalue weighted by Crippen LogP contribution is 2.12. The third kappa shape index (κ3) is 4.29. The fourth-order valence-electron chi connectivity index (χ4n) is 2.48. The van der Waals surface area contributed by atoms with Gasteiger partial charge in [0.1, 0.15) is 0 Å². The second kappa shape index (κ2) is 7.19. The molecule has 0 atom stereocenters. The van der Waals surface area contributed by atoms with Crippen LogP contribution in [0.4, 0.5) is 0 Å². The summed E-state index contributed by atoms with van der Waals surface area (Å²) < 4.78 is 28.6. The lowest BCUT2D eigenvalue weighted by Crippen LogP contribution is -2.41. The molecule has 1 fully saturated rings. The first-order chi connectivity index (χ1) is 9.59. The van der Waals surface area contributed by atoms with Gasteiger partial charge in [-0.3, -0.25) is 5.10 Å². The summed E-state index contributed by atoms with van der Waals surface area (Å²) in [5.41, 5.74) is 2.21. The fraction of sp³-hybridized carbons (Fsp3) is 0.769. The largest absolute Gasteiger partial charge is 0.283 e. The Morgan fingerprint density at radius 2 is 2.00 bits per heavy atom. The van der Waals surface area contributed by atoms with Gasteiger partial charge in [-0.2, -0.15) is 17.8 Å². The Kier molecular flexibility index (Phi) is 5.56. The van der Waals surface area contributed by atoms with E-state index in [-0.39, 0.29) is 0 Å². The van der Waals surface area contributed by atoms with E-state index in [1.54, 1.807) is 10.5 Å². The van der Waals surface area contributed by atoms with Gasteiger partial charge < -0.3 is 0 Å². The summed E-state index contributed by atoms with van der Waals surface area (Å²) >= 11 is 0. The van der Waals surface area contributed by atoms with Gasteiger partial charge in [0.15, 0.2) is 0 Å². The zero-order chi connectivity index (χ0) is 14.4. The molecular weight excluding hydrogens is 276 g/mol. The van der Waals surface area contributed by atoms with Crippen molar-refractivity contribution in [3.05, 3.63) is 17.5 Å². The minimum atomic E-state index is -3.30. The van der Waals surface area contributed by atoms with E-state index in [1.165, 1.54) is 0 Å². The smallest absolute Gasteiger partial charge is 0.279 e. The van der Waals surface area contributed by atoms with Gasteiger partial charge in [0.25, 0.3) is 10.2 Å². The number of aryl methyl sites for hydroxylation is 2. The van der Waals surface area contributed by atoms with Crippen molar-refractivity contribution >= 4 is 10.2 Å². The third-order valence-corrected chi connectivity index (χ3v) is 5.36. The zero-order valence-electron chi connectivity index (χ0n) is 12.1. The van der Waals surface area contributed by atoms with E-state index in [0.29, 0.717) is 19.6 Å². The van der Waals surface area contributed by atoms with Crippen LogP contribution in [0.15, 0.2) is 6.20 Å². The van der Waals surface area contributed by atoms with Gasteiger partial charge in [-0.05, 0) is 38.2 Å². The standard InChI is InChI=1S/C13H24N4O2S/c1-12-13(11-14-16-12)7-6-8-15-20(18,19)17-9-4-2-3-5-10-17/h11,15H,2-10H2,1H3,(H,14,16). The lowest BCUT2D eigenvalue weighted by Gasteiger charge is -2.20. The van der Waals surface area contributed by atoms with Crippen molar-refractivity contribution in [2.24, 2.45) is 0 Å². The molecular formula is C13H24N4O2S. The van der Waals surface area contributed by atoms with E-state index in [0.717, 1.165) is 49.8 Å². The molecule has 0 bridgehead atoms. The maximum Gasteiger partial charge on any atom is 0.279 e. The highest BCUT2D eigenvalue weighted by atomic mass is 32.2. The van der Waals surface area contributed by atoms with Crippen LogP contribution in [-0.2, 0) is 16.6 Å². The molecule has 6 nitrogen and oxygen atoms in total. The van der Waals surface area contributed by atoms with Gasteiger partial charge in [0, 0.05) is 25.3 Å². The molecule has 0 radical (unpaired) electrons. The molecule has 1 aliphatic heterocycles. The topological polar surface area (TPSA) is 78.1 Å². The summed E-state index contributed by atoms with van der Waals surface area (Å²) in [7, 11) is -3.30. The predicted octanol–water partition coefficient (Wildman–Crippen LogP) is 1.36. The van der Waals surface area contributed by atoms with E-state index < -0.39 is 10.2 Å². The lowest BCUT2D eigenvalue weighted by molar-refractivity contribution is 0.414. The predicted molar refractivity (Wildman–Crippen MR) is 78.6 cm³/mol. The van der Waals surface area contributed by atoms with E-state index >= 15 is 0 Å². The lowest BCUT2D eigenvalue weighted by atomic mass is 10.1. The third-order valence-electron chi connectivity index (χ3n) is 3.75. The second-order valence-electron chi connectivity index (χ2n) is 5.34.